The number of fused-ring (bicyclic) bond motifs is 5. The van der Waals surface area contributed by atoms with Gasteiger partial charge in [0.25, 0.3) is 0 Å². The molecule has 0 atom stereocenters. The third-order valence-electron chi connectivity index (χ3n) is 9.25. The standard InChI is InChI=1S/C46H31NO/c1-3-12-32(13-4-1)36-17-9-18-37(30-36)34-24-27-39(28-25-34)47(40-20-10-19-38(31-40)33-14-5-2-6-15-33)43-23-11-22-42-45-41-21-8-7-16-35(41)26-29-44(45)48-46(42)43/h1-31H. The summed E-state index contributed by atoms with van der Waals surface area (Å²) >= 11 is 0. The molecular formula is C46H31NO. The van der Waals surface area contributed by atoms with E-state index in [9.17, 15) is 0 Å². The molecule has 0 aliphatic carbocycles. The highest BCUT2D eigenvalue weighted by molar-refractivity contribution is 6.21. The predicted octanol–water partition coefficient (Wildman–Crippen LogP) is 13.2. The van der Waals surface area contributed by atoms with Crippen molar-refractivity contribution in [2.24, 2.45) is 0 Å². The van der Waals surface area contributed by atoms with Gasteiger partial charge in [0, 0.05) is 22.1 Å². The second-order valence-electron chi connectivity index (χ2n) is 12.2. The lowest BCUT2D eigenvalue weighted by molar-refractivity contribution is 0.669. The minimum Gasteiger partial charge on any atom is -0.454 e. The first-order chi connectivity index (χ1) is 23.8. The van der Waals surface area contributed by atoms with Crippen LogP contribution in [0.4, 0.5) is 17.1 Å². The molecular weight excluding hydrogens is 583 g/mol. The Balaban J connectivity index is 1.21. The van der Waals surface area contributed by atoms with E-state index in [2.05, 4.69) is 193 Å². The Hall–Kier alpha value is -6.38. The van der Waals surface area contributed by atoms with Crippen molar-refractivity contribution in [1.82, 2.24) is 0 Å². The van der Waals surface area contributed by atoms with E-state index in [-0.39, 0.29) is 0 Å². The predicted molar refractivity (Wildman–Crippen MR) is 202 cm³/mol. The number of benzene rings is 8. The van der Waals surface area contributed by atoms with Crippen molar-refractivity contribution in [2.75, 3.05) is 4.90 Å². The van der Waals surface area contributed by atoms with Gasteiger partial charge in [-0.15, -0.1) is 0 Å². The minimum atomic E-state index is 0.869. The fourth-order valence-electron chi connectivity index (χ4n) is 6.92. The number of furan rings is 1. The quantitative estimate of drug-likeness (QED) is 0.185. The van der Waals surface area contributed by atoms with Gasteiger partial charge in [0.1, 0.15) is 5.58 Å². The number of hydrogen-bond donors (Lipinski definition) is 0. The highest BCUT2D eigenvalue weighted by atomic mass is 16.3. The molecule has 0 radical (unpaired) electrons. The van der Waals surface area contributed by atoms with Gasteiger partial charge >= 0.3 is 0 Å². The second-order valence-corrected chi connectivity index (χ2v) is 12.2. The van der Waals surface area contributed by atoms with Gasteiger partial charge in [-0.05, 0) is 86.6 Å². The van der Waals surface area contributed by atoms with Crippen LogP contribution in [0.2, 0.25) is 0 Å². The van der Waals surface area contributed by atoms with Crippen LogP contribution in [0.5, 0.6) is 0 Å². The summed E-state index contributed by atoms with van der Waals surface area (Å²) in [5, 5.41) is 4.66. The number of rotatable bonds is 6. The molecule has 0 N–H and O–H groups in total. The second kappa shape index (κ2) is 11.8. The fourth-order valence-corrected chi connectivity index (χ4v) is 6.92. The highest BCUT2D eigenvalue weighted by Gasteiger charge is 2.21. The average molecular weight is 614 g/mol. The maximum atomic E-state index is 6.74. The van der Waals surface area contributed by atoms with Crippen molar-refractivity contribution in [2.45, 2.75) is 0 Å². The van der Waals surface area contributed by atoms with Crippen LogP contribution in [0.3, 0.4) is 0 Å². The summed E-state index contributed by atoms with van der Waals surface area (Å²) in [6.45, 7) is 0. The Morgan fingerprint density at radius 1 is 0.354 bits per heavy atom. The lowest BCUT2D eigenvalue weighted by atomic mass is 9.98. The van der Waals surface area contributed by atoms with E-state index >= 15 is 0 Å². The molecule has 0 saturated heterocycles. The third kappa shape index (κ3) is 4.92. The molecule has 0 saturated carbocycles. The SMILES string of the molecule is c1ccc(-c2cccc(-c3ccc(N(c4cccc(-c5ccccc5)c4)c4cccc5c4oc4ccc6ccccc6c45)cc3)c2)cc1. The van der Waals surface area contributed by atoms with Gasteiger partial charge < -0.3 is 9.32 Å². The van der Waals surface area contributed by atoms with Crippen molar-refractivity contribution in [3.05, 3.63) is 188 Å². The Morgan fingerprint density at radius 2 is 0.917 bits per heavy atom. The molecule has 2 heteroatoms. The van der Waals surface area contributed by atoms with Crippen molar-refractivity contribution in [1.29, 1.82) is 0 Å². The van der Waals surface area contributed by atoms with Crippen LogP contribution >= 0.6 is 0 Å². The van der Waals surface area contributed by atoms with Gasteiger partial charge in [0.05, 0.1) is 5.69 Å². The van der Waals surface area contributed by atoms with Gasteiger partial charge in [0.2, 0.25) is 0 Å². The largest absolute Gasteiger partial charge is 0.454 e. The zero-order chi connectivity index (χ0) is 31.9. The van der Waals surface area contributed by atoms with E-state index < -0.39 is 0 Å². The highest BCUT2D eigenvalue weighted by Crippen LogP contribution is 2.44. The lowest BCUT2D eigenvalue weighted by Crippen LogP contribution is -2.10. The molecule has 1 aromatic heterocycles. The van der Waals surface area contributed by atoms with Crippen LogP contribution < -0.4 is 4.90 Å². The van der Waals surface area contributed by atoms with Gasteiger partial charge in [-0.25, -0.2) is 0 Å². The van der Waals surface area contributed by atoms with Gasteiger partial charge in [-0.3, -0.25) is 0 Å². The summed E-state index contributed by atoms with van der Waals surface area (Å²) in [5.41, 5.74) is 12.0. The first-order valence-corrected chi connectivity index (χ1v) is 16.3. The van der Waals surface area contributed by atoms with Gasteiger partial charge in [-0.1, -0.05) is 146 Å². The summed E-state index contributed by atoms with van der Waals surface area (Å²) in [5.74, 6) is 0. The molecule has 0 aliphatic heterocycles. The van der Waals surface area contributed by atoms with E-state index in [1.807, 2.05) is 0 Å². The summed E-state index contributed by atoms with van der Waals surface area (Å²) in [7, 11) is 0. The molecule has 0 amide bonds. The fraction of sp³-hybridized carbons (Fsp3) is 0. The van der Waals surface area contributed by atoms with E-state index in [1.54, 1.807) is 0 Å². The molecule has 9 rings (SSSR count). The molecule has 0 aliphatic rings. The summed E-state index contributed by atoms with van der Waals surface area (Å²) in [6.07, 6.45) is 0. The van der Waals surface area contributed by atoms with Crippen molar-refractivity contribution in [3.8, 4) is 33.4 Å². The summed E-state index contributed by atoms with van der Waals surface area (Å²) in [4.78, 5) is 2.32. The zero-order valence-corrected chi connectivity index (χ0v) is 26.3. The first kappa shape index (κ1) is 27.9. The molecule has 226 valence electrons. The normalized spacial score (nSPS) is 11.3. The van der Waals surface area contributed by atoms with Crippen LogP contribution in [0.15, 0.2) is 192 Å². The minimum absolute atomic E-state index is 0.869. The number of para-hydroxylation sites is 1. The molecule has 0 bridgehead atoms. The van der Waals surface area contributed by atoms with Crippen molar-refractivity contribution < 1.29 is 4.42 Å². The van der Waals surface area contributed by atoms with E-state index in [0.717, 1.165) is 44.6 Å². The summed E-state index contributed by atoms with van der Waals surface area (Å²) in [6, 6.07) is 66.8. The smallest absolute Gasteiger partial charge is 0.159 e. The van der Waals surface area contributed by atoms with Crippen molar-refractivity contribution in [3.63, 3.8) is 0 Å². The van der Waals surface area contributed by atoms with Crippen LogP contribution in [0.1, 0.15) is 0 Å². The third-order valence-corrected chi connectivity index (χ3v) is 9.25. The van der Waals surface area contributed by atoms with Gasteiger partial charge in [-0.2, -0.15) is 0 Å². The number of anilines is 3. The Kier molecular flexibility index (Phi) is 6.84. The topological polar surface area (TPSA) is 16.4 Å². The molecule has 8 aromatic carbocycles. The lowest BCUT2D eigenvalue weighted by Gasteiger charge is -2.26. The Bertz CT molecular complexity index is 2550. The van der Waals surface area contributed by atoms with Crippen LogP contribution in [0, 0.1) is 0 Å². The van der Waals surface area contributed by atoms with Crippen LogP contribution in [0.25, 0.3) is 66.1 Å². The maximum absolute atomic E-state index is 6.74. The number of nitrogens with zero attached hydrogens (tertiary/aromatic N) is 1. The van der Waals surface area contributed by atoms with Gasteiger partial charge in [0.15, 0.2) is 5.58 Å². The average Bonchev–Trinajstić information content (AvgIpc) is 3.56. The molecule has 9 aromatic rings. The maximum Gasteiger partial charge on any atom is 0.159 e. The zero-order valence-electron chi connectivity index (χ0n) is 26.3. The van der Waals surface area contributed by atoms with Crippen LogP contribution in [-0.4, -0.2) is 0 Å². The van der Waals surface area contributed by atoms with Crippen molar-refractivity contribution >= 4 is 49.8 Å². The Labute approximate surface area is 279 Å². The summed E-state index contributed by atoms with van der Waals surface area (Å²) < 4.78 is 6.74. The molecule has 2 nitrogen and oxygen atoms in total. The first-order valence-electron chi connectivity index (χ1n) is 16.3. The van der Waals surface area contributed by atoms with Crippen LogP contribution in [-0.2, 0) is 0 Å². The molecule has 0 fully saturated rings. The molecule has 0 unspecified atom stereocenters. The molecule has 48 heavy (non-hydrogen) atoms. The van der Waals surface area contributed by atoms with E-state index in [1.165, 1.54) is 38.6 Å². The molecule has 1 heterocycles. The van der Waals surface area contributed by atoms with E-state index in [0.29, 0.717) is 0 Å². The Morgan fingerprint density at radius 3 is 1.65 bits per heavy atom. The monoisotopic (exact) mass is 613 g/mol. The molecule has 0 spiro atoms. The number of hydrogen-bond acceptors (Lipinski definition) is 2. The van der Waals surface area contributed by atoms with E-state index in [4.69, 9.17) is 4.42 Å².